The number of fused-ring (bicyclic) bond motifs is 6. The van der Waals surface area contributed by atoms with Crippen LogP contribution in [0.15, 0.2) is 77.8 Å². The van der Waals surface area contributed by atoms with Gasteiger partial charge in [-0.3, -0.25) is 4.57 Å². The Hall–Kier alpha value is -3.86. The molecule has 0 aliphatic carbocycles. The molecule has 1 atom stereocenters. The van der Waals surface area contributed by atoms with Crippen LogP contribution in [0.5, 0.6) is 11.5 Å². The van der Waals surface area contributed by atoms with Crippen LogP contribution in [0, 0.1) is 0 Å². The number of para-hydroxylation sites is 3. The topological polar surface area (TPSA) is 48.6 Å². The van der Waals surface area contributed by atoms with E-state index in [4.69, 9.17) is 19.5 Å². The van der Waals surface area contributed by atoms with Gasteiger partial charge in [-0.1, -0.05) is 42.5 Å². The maximum atomic E-state index is 6.19. The van der Waals surface area contributed by atoms with Crippen molar-refractivity contribution in [3.05, 3.63) is 89.7 Å². The van der Waals surface area contributed by atoms with Crippen molar-refractivity contribution >= 4 is 28.6 Å². The summed E-state index contributed by atoms with van der Waals surface area (Å²) in [5, 5.41) is 0. The van der Waals surface area contributed by atoms with Gasteiger partial charge in [0, 0.05) is 5.56 Å². The summed E-state index contributed by atoms with van der Waals surface area (Å²) in [5.74, 6) is 3.10. The van der Waals surface area contributed by atoms with Crippen LogP contribution in [0.2, 0.25) is 0 Å². The second kappa shape index (κ2) is 6.07. The molecule has 5 heteroatoms. The lowest BCUT2D eigenvalue weighted by atomic mass is 10.0. The van der Waals surface area contributed by atoms with Gasteiger partial charge in [-0.2, -0.15) is 0 Å². The first-order chi connectivity index (χ1) is 14.3. The minimum Gasteiger partial charge on any atom is -0.497 e. The zero-order valence-electron chi connectivity index (χ0n) is 15.7. The first kappa shape index (κ1) is 16.1. The molecule has 0 bridgehead atoms. The molecule has 1 aromatic heterocycles. The largest absolute Gasteiger partial charge is 0.497 e. The average Bonchev–Trinajstić information content (AvgIpc) is 3.17. The summed E-state index contributed by atoms with van der Waals surface area (Å²) in [6.45, 7) is 0. The summed E-state index contributed by atoms with van der Waals surface area (Å²) in [6.07, 6.45) is 1.85. The SMILES string of the molecule is COc1ccc([C@@H]2N=C3Oc4ccccc4C=C3c3nc4ccccc4n32)cc1. The van der Waals surface area contributed by atoms with Crippen molar-refractivity contribution < 1.29 is 9.47 Å². The summed E-state index contributed by atoms with van der Waals surface area (Å²) in [6, 6.07) is 24.1. The maximum Gasteiger partial charge on any atom is 0.228 e. The van der Waals surface area contributed by atoms with E-state index in [1.54, 1.807) is 7.11 Å². The Balaban J connectivity index is 1.61. The second-order valence-corrected chi connectivity index (χ2v) is 7.07. The van der Waals surface area contributed by atoms with Crippen LogP contribution in [0.1, 0.15) is 23.1 Å². The van der Waals surface area contributed by atoms with E-state index >= 15 is 0 Å². The molecule has 2 aliphatic rings. The minimum atomic E-state index is -0.263. The molecule has 0 spiro atoms. The Morgan fingerprint density at radius 2 is 1.72 bits per heavy atom. The van der Waals surface area contributed by atoms with Crippen molar-refractivity contribution in [3.63, 3.8) is 0 Å². The molecule has 4 aromatic rings. The summed E-state index contributed by atoms with van der Waals surface area (Å²) in [4.78, 5) is 9.93. The fourth-order valence-electron chi connectivity index (χ4n) is 3.98. The number of imidazole rings is 1. The van der Waals surface area contributed by atoms with Crippen molar-refractivity contribution in [2.45, 2.75) is 6.17 Å². The molecule has 6 rings (SSSR count). The average molecular weight is 379 g/mol. The Bertz CT molecular complexity index is 1320. The molecule has 29 heavy (non-hydrogen) atoms. The highest BCUT2D eigenvalue weighted by Gasteiger charge is 2.33. The van der Waals surface area contributed by atoms with Gasteiger partial charge in [-0.05, 0) is 42.0 Å². The molecule has 3 heterocycles. The van der Waals surface area contributed by atoms with Crippen molar-refractivity contribution in [2.24, 2.45) is 4.99 Å². The summed E-state index contributed by atoms with van der Waals surface area (Å²) >= 11 is 0. The third-order valence-corrected chi connectivity index (χ3v) is 5.39. The van der Waals surface area contributed by atoms with Gasteiger partial charge in [-0.15, -0.1) is 0 Å². The number of methoxy groups -OCH3 is 1. The molecule has 0 saturated carbocycles. The van der Waals surface area contributed by atoms with Crippen LogP contribution in [0.4, 0.5) is 0 Å². The lowest BCUT2D eigenvalue weighted by Gasteiger charge is -2.28. The number of hydrogen-bond donors (Lipinski definition) is 0. The molecule has 5 nitrogen and oxygen atoms in total. The van der Waals surface area contributed by atoms with Gasteiger partial charge in [-0.25, -0.2) is 9.98 Å². The summed E-state index contributed by atoms with van der Waals surface area (Å²) in [7, 11) is 1.67. The van der Waals surface area contributed by atoms with Crippen LogP contribution >= 0.6 is 0 Å². The standard InChI is InChI=1S/C24H17N3O2/c1-28-17-12-10-15(11-13-17)22-26-24-18(14-16-6-2-5-9-21(16)29-24)23-25-19-7-3-4-8-20(19)27(22)23/h2-14,22H,1H3/t22-/m1/s1. The van der Waals surface area contributed by atoms with Gasteiger partial charge in [0.1, 0.15) is 17.3 Å². The van der Waals surface area contributed by atoms with Crippen molar-refractivity contribution in [2.75, 3.05) is 7.11 Å². The predicted molar refractivity (Wildman–Crippen MR) is 113 cm³/mol. The Morgan fingerprint density at radius 1 is 0.931 bits per heavy atom. The van der Waals surface area contributed by atoms with Gasteiger partial charge >= 0.3 is 0 Å². The fourth-order valence-corrected chi connectivity index (χ4v) is 3.98. The van der Waals surface area contributed by atoms with Crippen LogP contribution in [0.25, 0.3) is 22.7 Å². The highest BCUT2D eigenvalue weighted by atomic mass is 16.5. The van der Waals surface area contributed by atoms with Gasteiger partial charge in [0.05, 0.1) is 23.7 Å². The van der Waals surface area contributed by atoms with E-state index < -0.39 is 0 Å². The quantitative estimate of drug-likeness (QED) is 0.496. The monoisotopic (exact) mass is 379 g/mol. The molecular weight excluding hydrogens is 362 g/mol. The van der Waals surface area contributed by atoms with Gasteiger partial charge in [0.2, 0.25) is 5.90 Å². The fraction of sp³-hybridized carbons (Fsp3) is 0.0833. The molecule has 2 aliphatic heterocycles. The number of rotatable bonds is 2. The predicted octanol–water partition coefficient (Wildman–Crippen LogP) is 4.94. The third-order valence-electron chi connectivity index (χ3n) is 5.39. The van der Waals surface area contributed by atoms with E-state index in [9.17, 15) is 0 Å². The highest BCUT2D eigenvalue weighted by Crippen LogP contribution is 2.40. The second-order valence-electron chi connectivity index (χ2n) is 7.07. The minimum absolute atomic E-state index is 0.263. The molecule has 0 saturated heterocycles. The first-order valence-corrected chi connectivity index (χ1v) is 9.50. The number of aliphatic imine (C=N–C) groups is 1. The Morgan fingerprint density at radius 3 is 2.59 bits per heavy atom. The molecule has 0 N–H and O–H groups in total. The van der Waals surface area contributed by atoms with Crippen LogP contribution < -0.4 is 9.47 Å². The molecular formula is C24H17N3O2. The van der Waals surface area contributed by atoms with Crippen LogP contribution in [-0.2, 0) is 0 Å². The number of ether oxygens (including phenoxy) is 2. The van der Waals surface area contributed by atoms with E-state index in [1.807, 2.05) is 66.7 Å². The van der Waals surface area contributed by atoms with E-state index in [0.29, 0.717) is 5.90 Å². The van der Waals surface area contributed by atoms with Crippen molar-refractivity contribution in [3.8, 4) is 11.5 Å². The summed E-state index contributed by atoms with van der Waals surface area (Å²) in [5.41, 5.74) is 4.97. The van der Waals surface area contributed by atoms with Crippen molar-refractivity contribution in [1.29, 1.82) is 0 Å². The summed E-state index contributed by atoms with van der Waals surface area (Å²) < 4.78 is 13.7. The normalized spacial score (nSPS) is 16.8. The van der Waals surface area contributed by atoms with E-state index in [1.165, 1.54) is 0 Å². The van der Waals surface area contributed by atoms with Crippen LogP contribution in [-0.4, -0.2) is 22.6 Å². The van der Waals surface area contributed by atoms with Crippen LogP contribution in [0.3, 0.4) is 0 Å². The molecule has 0 unspecified atom stereocenters. The molecule has 0 fully saturated rings. The zero-order valence-corrected chi connectivity index (χ0v) is 15.7. The molecule has 3 aromatic carbocycles. The molecule has 0 amide bonds. The molecule has 0 radical (unpaired) electrons. The first-order valence-electron chi connectivity index (χ1n) is 9.50. The van der Waals surface area contributed by atoms with Crippen molar-refractivity contribution in [1.82, 2.24) is 9.55 Å². The number of nitrogens with zero attached hydrogens (tertiary/aromatic N) is 3. The van der Waals surface area contributed by atoms with E-state index in [-0.39, 0.29) is 6.17 Å². The molecule has 140 valence electrons. The number of benzene rings is 3. The van der Waals surface area contributed by atoms with Gasteiger partial charge < -0.3 is 9.47 Å². The Labute approximate surface area is 167 Å². The number of hydrogen-bond acceptors (Lipinski definition) is 4. The lowest BCUT2D eigenvalue weighted by Crippen LogP contribution is -2.26. The highest BCUT2D eigenvalue weighted by molar-refractivity contribution is 6.26. The van der Waals surface area contributed by atoms with E-state index in [0.717, 1.165) is 45.1 Å². The van der Waals surface area contributed by atoms with Gasteiger partial charge in [0.15, 0.2) is 6.17 Å². The maximum absolute atomic E-state index is 6.19. The van der Waals surface area contributed by atoms with Gasteiger partial charge in [0.25, 0.3) is 0 Å². The van der Waals surface area contributed by atoms with E-state index in [2.05, 4.69) is 16.7 Å². The third kappa shape index (κ3) is 2.41. The zero-order chi connectivity index (χ0) is 19.4. The number of aromatic nitrogens is 2. The Kier molecular flexibility index (Phi) is 3.38. The lowest BCUT2D eigenvalue weighted by molar-refractivity contribution is 0.414. The smallest absolute Gasteiger partial charge is 0.228 e.